The first-order chi connectivity index (χ1) is 11.5. The van der Waals surface area contributed by atoms with Crippen molar-refractivity contribution in [1.29, 1.82) is 0 Å². The molecule has 2 amide bonds. The molecule has 1 aliphatic heterocycles. The van der Waals surface area contributed by atoms with Crippen molar-refractivity contribution in [1.82, 2.24) is 5.01 Å². The summed E-state index contributed by atoms with van der Waals surface area (Å²) in [5, 5.41) is 3.95. The quantitative estimate of drug-likeness (QED) is 0.355. The molecule has 2 rings (SSSR count). The highest BCUT2D eigenvalue weighted by atomic mass is 16.5. The number of rotatable bonds is 6. The van der Waals surface area contributed by atoms with E-state index in [-0.39, 0.29) is 18.2 Å². The van der Waals surface area contributed by atoms with E-state index in [2.05, 4.69) is 10.1 Å². The Morgan fingerprint density at radius 3 is 2.83 bits per heavy atom. The van der Waals surface area contributed by atoms with Gasteiger partial charge in [0.15, 0.2) is 0 Å². The molecule has 0 saturated heterocycles. The van der Waals surface area contributed by atoms with Crippen molar-refractivity contribution in [2.75, 3.05) is 19.0 Å². The molecule has 1 unspecified atom stereocenters. The van der Waals surface area contributed by atoms with E-state index >= 15 is 0 Å². The Kier molecular flexibility index (Phi) is 5.92. The van der Waals surface area contributed by atoms with Crippen LogP contribution in [0.1, 0.15) is 42.1 Å². The van der Waals surface area contributed by atoms with Crippen molar-refractivity contribution in [3.05, 3.63) is 29.3 Å². The van der Waals surface area contributed by atoms with Crippen molar-refractivity contribution < 1.29 is 19.1 Å². The van der Waals surface area contributed by atoms with Gasteiger partial charge in [-0.1, -0.05) is 19.4 Å². The average Bonchev–Trinajstić information content (AvgIpc) is 2.59. The second-order valence-corrected chi connectivity index (χ2v) is 5.89. The third kappa shape index (κ3) is 4.11. The molecule has 1 aromatic carbocycles. The molecule has 0 spiro atoms. The Hall–Kier alpha value is -2.41. The Morgan fingerprint density at radius 1 is 1.42 bits per heavy atom. The zero-order chi connectivity index (χ0) is 17.7. The summed E-state index contributed by atoms with van der Waals surface area (Å²) in [7, 11) is 1.30. The molecule has 1 atom stereocenters. The number of carbonyl (C=O) groups excluding carboxylic acids is 3. The summed E-state index contributed by atoms with van der Waals surface area (Å²) < 4.78 is 4.62. The SMILES string of the molecule is CCCCN(N)C(=O)c1ccc2c(c1)NC(=O)C(CC(=O)OC)C2. The number of carbonyl (C=O) groups is 3. The number of amides is 2. The maximum Gasteiger partial charge on any atom is 0.306 e. The highest BCUT2D eigenvalue weighted by Gasteiger charge is 2.29. The van der Waals surface area contributed by atoms with Crippen LogP contribution >= 0.6 is 0 Å². The van der Waals surface area contributed by atoms with Crippen molar-refractivity contribution >= 4 is 23.5 Å². The van der Waals surface area contributed by atoms with E-state index in [1.807, 2.05) is 6.92 Å². The van der Waals surface area contributed by atoms with Crippen LogP contribution in [0, 0.1) is 5.92 Å². The third-order valence-electron chi connectivity index (χ3n) is 4.11. The first kappa shape index (κ1) is 17.9. The second-order valence-electron chi connectivity index (χ2n) is 5.89. The molecule has 3 N–H and O–H groups in total. The van der Waals surface area contributed by atoms with E-state index in [0.717, 1.165) is 18.4 Å². The van der Waals surface area contributed by atoms with Gasteiger partial charge in [0.05, 0.1) is 19.4 Å². The van der Waals surface area contributed by atoms with Gasteiger partial charge < -0.3 is 10.1 Å². The largest absolute Gasteiger partial charge is 0.469 e. The summed E-state index contributed by atoms with van der Waals surface area (Å²) in [5.41, 5.74) is 1.91. The lowest BCUT2D eigenvalue weighted by molar-refractivity contribution is -0.143. The number of hydrazine groups is 1. The van der Waals surface area contributed by atoms with Crippen molar-refractivity contribution in [2.24, 2.45) is 11.8 Å². The van der Waals surface area contributed by atoms with Gasteiger partial charge in [-0.25, -0.2) is 5.84 Å². The molecular formula is C17H23N3O4. The van der Waals surface area contributed by atoms with Crippen molar-refractivity contribution in [3.8, 4) is 0 Å². The number of nitrogens with two attached hydrogens (primary N) is 1. The van der Waals surface area contributed by atoms with Gasteiger partial charge in [-0.05, 0) is 30.5 Å². The zero-order valence-corrected chi connectivity index (χ0v) is 14.0. The van der Waals surface area contributed by atoms with Crippen LogP contribution < -0.4 is 11.2 Å². The molecule has 1 aromatic rings. The summed E-state index contributed by atoms with van der Waals surface area (Å²) >= 11 is 0. The monoisotopic (exact) mass is 333 g/mol. The fourth-order valence-electron chi connectivity index (χ4n) is 2.64. The zero-order valence-electron chi connectivity index (χ0n) is 14.0. The molecule has 130 valence electrons. The highest BCUT2D eigenvalue weighted by Crippen LogP contribution is 2.28. The summed E-state index contributed by atoms with van der Waals surface area (Å²) in [5.74, 6) is 4.38. The first-order valence-electron chi connectivity index (χ1n) is 8.03. The normalized spacial score (nSPS) is 16.1. The van der Waals surface area contributed by atoms with E-state index in [9.17, 15) is 14.4 Å². The number of hydrogen-bond acceptors (Lipinski definition) is 5. The third-order valence-corrected chi connectivity index (χ3v) is 4.11. The number of hydrogen-bond donors (Lipinski definition) is 2. The fourth-order valence-corrected chi connectivity index (χ4v) is 2.64. The Bertz CT molecular complexity index is 645. The van der Waals surface area contributed by atoms with Gasteiger partial charge in [0.25, 0.3) is 5.91 Å². The molecule has 7 heteroatoms. The number of benzene rings is 1. The van der Waals surface area contributed by atoms with Gasteiger partial charge in [-0.15, -0.1) is 0 Å². The maximum absolute atomic E-state index is 12.3. The summed E-state index contributed by atoms with van der Waals surface area (Å²) in [4.78, 5) is 35.8. The van der Waals surface area contributed by atoms with Crippen LogP contribution in [-0.2, 0) is 20.7 Å². The number of nitrogens with zero attached hydrogens (tertiary/aromatic N) is 1. The second kappa shape index (κ2) is 7.92. The van der Waals surface area contributed by atoms with Gasteiger partial charge in [-0.3, -0.25) is 19.4 Å². The molecule has 0 saturated carbocycles. The lowest BCUT2D eigenvalue weighted by Gasteiger charge is -2.25. The van der Waals surface area contributed by atoms with Crippen LogP contribution in [0.15, 0.2) is 18.2 Å². The van der Waals surface area contributed by atoms with Crippen LogP contribution in [0.3, 0.4) is 0 Å². The molecule has 0 aliphatic carbocycles. The lowest BCUT2D eigenvalue weighted by Crippen LogP contribution is -2.38. The number of methoxy groups -OCH3 is 1. The van der Waals surface area contributed by atoms with Gasteiger partial charge in [0.2, 0.25) is 5.91 Å². The Balaban J connectivity index is 2.12. The van der Waals surface area contributed by atoms with E-state index in [1.165, 1.54) is 12.1 Å². The standard InChI is InChI=1S/C17H23N3O4/c1-3-4-7-20(18)17(23)12-6-5-11-8-13(10-15(21)24-2)16(22)19-14(11)9-12/h5-6,9,13H,3-4,7-8,10,18H2,1-2H3,(H,19,22). The minimum atomic E-state index is -0.456. The summed E-state index contributed by atoms with van der Waals surface area (Å²) in [6.07, 6.45) is 2.25. The smallest absolute Gasteiger partial charge is 0.306 e. The molecule has 7 nitrogen and oxygen atoms in total. The summed E-state index contributed by atoms with van der Waals surface area (Å²) in [6.45, 7) is 2.51. The van der Waals surface area contributed by atoms with Crippen LogP contribution in [0.2, 0.25) is 0 Å². The van der Waals surface area contributed by atoms with E-state index in [1.54, 1.807) is 18.2 Å². The summed E-state index contributed by atoms with van der Waals surface area (Å²) in [6, 6.07) is 5.12. The molecule has 0 bridgehead atoms. The Labute approximate surface area is 141 Å². The molecule has 0 radical (unpaired) electrons. The molecule has 24 heavy (non-hydrogen) atoms. The Morgan fingerprint density at radius 2 is 2.17 bits per heavy atom. The molecule has 0 fully saturated rings. The molecule has 1 aliphatic rings. The van der Waals surface area contributed by atoms with Gasteiger partial charge in [0.1, 0.15) is 0 Å². The maximum atomic E-state index is 12.3. The number of fused-ring (bicyclic) bond motifs is 1. The van der Waals surface area contributed by atoms with Crippen LogP contribution in [0.5, 0.6) is 0 Å². The predicted octanol–water partition coefficient (Wildman–Crippen LogP) is 1.48. The molecule has 0 aromatic heterocycles. The van der Waals surface area contributed by atoms with Crippen LogP contribution in [0.4, 0.5) is 5.69 Å². The van der Waals surface area contributed by atoms with Gasteiger partial charge in [0, 0.05) is 17.8 Å². The van der Waals surface area contributed by atoms with Crippen LogP contribution in [-0.4, -0.2) is 36.4 Å². The number of unbranched alkanes of at least 4 members (excludes halogenated alkanes) is 1. The number of anilines is 1. The predicted molar refractivity (Wildman–Crippen MR) is 89.0 cm³/mol. The molecular weight excluding hydrogens is 310 g/mol. The number of nitrogens with one attached hydrogen (secondary N) is 1. The van der Waals surface area contributed by atoms with Gasteiger partial charge >= 0.3 is 5.97 Å². The van der Waals surface area contributed by atoms with Crippen LogP contribution in [0.25, 0.3) is 0 Å². The molecule has 1 heterocycles. The average molecular weight is 333 g/mol. The van der Waals surface area contributed by atoms with E-state index in [0.29, 0.717) is 24.2 Å². The van der Waals surface area contributed by atoms with Crippen molar-refractivity contribution in [2.45, 2.75) is 32.6 Å². The van der Waals surface area contributed by atoms with Crippen molar-refractivity contribution in [3.63, 3.8) is 0 Å². The lowest BCUT2D eigenvalue weighted by atomic mass is 9.90. The fraction of sp³-hybridized carbons (Fsp3) is 0.471. The van der Waals surface area contributed by atoms with E-state index in [4.69, 9.17) is 5.84 Å². The number of ether oxygens (including phenoxy) is 1. The van der Waals surface area contributed by atoms with E-state index < -0.39 is 11.9 Å². The topological polar surface area (TPSA) is 102 Å². The minimum Gasteiger partial charge on any atom is -0.469 e. The highest BCUT2D eigenvalue weighted by molar-refractivity contribution is 6.00. The minimum absolute atomic E-state index is 0.0377. The first-order valence-corrected chi connectivity index (χ1v) is 8.03. The van der Waals surface area contributed by atoms with Gasteiger partial charge in [-0.2, -0.15) is 0 Å². The number of esters is 1.